The van der Waals surface area contributed by atoms with E-state index in [1.807, 2.05) is 20.3 Å². The zero-order chi connectivity index (χ0) is 14.0. The van der Waals surface area contributed by atoms with E-state index in [9.17, 15) is 4.57 Å². The molecular formula is C12H17N2O4P. The van der Waals surface area contributed by atoms with Gasteiger partial charge < -0.3 is 14.4 Å². The van der Waals surface area contributed by atoms with Crippen molar-refractivity contribution < 1.29 is 18.9 Å². The van der Waals surface area contributed by atoms with Crippen molar-refractivity contribution in [3.63, 3.8) is 0 Å². The molecule has 0 aliphatic heterocycles. The topological polar surface area (TPSA) is 85.8 Å². The number of phosphoric ester groups is 1. The van der Waals surface area contributed by atoms with Crippen LogP contribution >= 0.6 is 7.82 Å². The van der Waals surface area contributed by atoms with Crippen LogP contribution in [0.15, 0.2) is 24.4 Å². The number of likely N-dealkylation sites (N-methyl/N-ethyl adjacent to an activating group) is 1. The Morgan fingerprint density at radius 1 is 1.37 bits per heavy atom. The van der Waals surface area contributed by atoms with Crippen molar-refractivity contribution >= 4 is 18.7 Å². The zero-order valence-electron chi connectivity index (χ0n) is 10.8. The van der Waals surface area contributed by atoms with Crippen molar-refractivity contribution in [3.8, 4) is 5.75 Å². The van der Waals surface area contributed by atoms with Gasteiger partial charge in [-0.1, -0.05) is 0 Å². The Hall–Kier alpha value is -1.33. The van der Waals surface area contributed by atoms with Crippen LogP contribution in [0.5, 0.6) is 5.75 Å². The van der Waals surface area contributed by atoms with Gasteiger partial charge in [0.15, 0.2) is 0 Å². The summed E-state index contributed by atoms with van der Waals surface area (Å²) < 4.78 is 15.4. The van der Waals surface area contributed by atoms with E-state index in [4.69, 9.17) is 9.79 Å². The lowest BCUT2D eigenvalue weighted by atomic mass is 10.1. The number of aromatic amines is 1. The van der Waals surface area contributed by atoms with Crippen LogP contribution < -0.4 is 4.52 Å². The highest BCUT2D eigenvalue weighted by atomic mass is 31.2. The minimum atomic E-state index is -4.51. The summed E-state index contributed by atoms with van der Waals surface area (Å²) in [4.78, 5) is 22.8. The van der Waals surface area contributed by atoms with Gasteiger partial charge in [0.1, 0.15) is 5.75 Å². The van der Waals surface area contributed by atoms with Crippen LogP contribution in [0, 0.1) is 0 Å². The van der Waals surface area contributed by atoms with Crippen LogP contribution in [-0.4, -0.2) is 40.3 Å². The normalized spacial score (nSPS) is 12.3. The first-order valence-electron chi connectivity index (χ1n) is 5.85. The Balaban J connectivity index is 2.29. The van der Waals surface area contributed by atoms with E-state index in [2.05, 4.69) is 14.4 Å². The van der Waals surface area contributed by atoms with Gasteiger partial charge in [0.25, 0.3) is 0 Å². The number of hydrogen-bond acceptors (Lipinski definition) is 3. The largest absolute Gasteiger partial charge is 0.524 e. The van der Waals surface area contributed by atoms with Crippen molar-refractivity contribution in [2.24, 2.45) is 0 Å². The van der Waals surface area contributed by atoms with Crippen molar-refractivity contribution in [1.29, 1.82) is 0 Å². The first-order chi connectivity index (χ1) is 8.85. The lowest BCUT2D eigenvalue weighted by Crippen LogP contribution is -2.14. The van der Waals surface area contributed by atoms with Crippen LogP contribution in [-0.2, 0) is 11.0 Å². The van der Waals surface area contributed by atoms with Gasteiger partial charge in [-0.25, -0.2) is 4.57 Å². The van der Waals surface area contributed by atoms with E-state index in [1.165, 1.54) is 6.07 Å². The monoisotopic (exact) mass is 284 g/mol. The second-order valence-electron chi connectivity index (χ2n) is 4.66. The van der Waals surface area contributed by atoms with Gasteiger partial charge in [-0.2, -0.15) is 0 Å². The first kappa shape index (κ1) is 14.1. The number of rotatable bonds is 5. The van der Waals surface area contributed by atoms with E-state index in [0.29, 0.717) is 0 Å². The number of nitrogens with one attached hydrogen (secondary N) is 1. The third-order valence-corrected chi connectivity index (χ3v) is 3.24. The molecule has 3 N–H and O–H groups in total. The molecule has 0 spiro atoms. The van der Waals surface area contributed by atoms with Crippen LogP contribution in [0.3, 0.4) is 0 Å². The highest BCUT2D eigenvalue weighted by molar-refractivity contribution is 7.46. The van der Waals surface area contributed by atoms with Gasteiger partial charge in [-0.15, -0.1) is 0 Å². The maximum absolute atomic E-state index is 10.8. The molecule has 19 heavy (non-hydrogen) atoms. The summed E-state index contributed by atoms with van der Waals surface area (Å²) >= 11 is 0. The molecule has 0 saturated carbocycles. The SMILES string of the molecule is CN(C)CCc1c[nH]c2ccc(OP(=O)(O)O)cc12. The summed E-state index contributed by atoms with van der Waals surface area (Å²) in [6.07, 6.45) is 2.77. The summed E-state index contributed by atoms with van der Waals surface area (Å²) in [5, 5.41) is 0.924. The van der Waals surface area contributed by atoms with E-state index < -0.39 is 7.82 Å². The quantitative estimate of drug-likeness (QED) is 0.728. The smallest absolute Gasteiger partial charge is 0.404 e. The van der Waals surface area contributed by atoms with Crippen LogP contribution in [0.1, 0.15) is 5.56 Å². The van der Waals surface area contributed by atoms with Gasteiger partial charge in [0.05, 0.1) is 0 Å². The van der Waals surface area contributed by atoms with Gasteiger partial charge >= 0.3 is 7.82 Å². The molecule has 0 unspecified atom stereocenters. The fourth-order valence-corrected chi connectivity index (χ4v) is 2.29. The number of nitrogens with zero attached hydrogens (tertiary/aromatic N) is 1. The molecule has 0 aliphatic rings. The Kier molecular flexibility index (Phi) is 3.96. The maximum atomic E-state index is 10.8. The Morgan fingerprint density at radius 3 is 2.74 bits per heavy atom. The molecule has 2 rings (SSSR count). The molecule has 104 valence electrons. The summed E-state index contributed by atoms with van der Waals surface area (Å²) in [6.45, 7) is 0.899. The lowest BCUT2D eigenvalue weighted by molar-refractivity contribution is 0.283. The third-order valence-electron chi connectivity index (χ3n) is 2.79. The van der Waals surface area contributed by atoms with Crippen molar-refractivity contribution in [1.82, 2.24) is 9.88 Å². The maximum Gasteiger partial charge on any atom is 0.524 e. The van der Waals surface area contributed by atoms with Gasteiger partial charge in [0.2, 0.25) is 0 Å². The molecule has 0 saturated heterocycles. The molecule has 1 aromatic carbocycles. The standard InChI is InChI=1S/C12H17N2O4P/c1-14(2)6-5-9-8-13-12-4-3-10(7-11(9)12)18-19(15,16)17/h3-4,7-8,13H,5-6H2,1-2H3,(H2,15,16,17). The third kappa shape index (κ3) is 3.81. The number of benzene rings is 1. The Labute approximate surface area is 111 Å². The Morgan fingerprint density at radius 2 is 2.11 bits per heavy atom. The molecule has 0 atom stereocenters. The summed E-state index contributed by atoms with van der Waals surface area (Å²) in [7, 11) is -0.517. The van der Waals surface area contributed by atoms with E-state index in [-0.39, 0.29) is 5.75 Å². The summed E-state index contributed by atoms with van der Waals surface area (Å²) in [6, 6.07) is 4.93. The fourth-order valence-electron chi connectivity index (χ4n) is 1.90. The average molecular weight is 284 g/mol. The van der Waals surface area contributed by atoms with E-state index in [1.54, 1.807) is 12.1 Å². The van der Waals surface area contributed by atoms with Gasteiger partial charge in [-0.3, -0.25) is 9.79 Å². The molecule has 0 amide bonds. The number of fused-ring (bicyclic) bond motifs is 1. The molecule has 0 radical (unpaired) electrons. The first-order valence-corrected chi connectivity index (χ1v) is 7.38. The predicted molar refractivity (Wildman–Crippen MR) is 73.2 cm³/mol. The van der Waals surface area contributed by atoms with Gasteiger partial charge in [-0.05, 0) is 44.3 Å². The molecule has 0 aliphatic carbocycles. The average Bonchev–Trinajstić information content (AvgIpc) is 2.66. The lowest BCUT2D eigenvalue weighted by Gasteiger charge is -2.09. The second kappa shape index (κ2) is 5.35. The number of hydrogen-bond donors (Lipinski definition) is 3. The Bertz CT molecular complexity index is 617. The second-order valence-corrected chi connectivity index (χ2v) is 5.82. The molecular weight excluding hydrogens is 267 g/mol. The highest BCUT2D eigenvalue weighted by Crippen LogP contribution is 2.38. The van der Waals surface area contributed by atoms with E-state index in [0.717, 1.165) is 29.4 Å². The van der Waals surface area contributed by atoms with Crippen molar-refractivity contribution in [2.75, 3.05) is 20.6 Å². The predicted octanol–water partition coefficient (Wildman–Crippen LogP) is 1.74. The molecule has 1 heterocycles. The molecule has 0 fully saturated rings. The van der Waals surface area contributed by atoms with Crippen molar-refractivity contribution in [2.45, 2.75) is 6.42 Å². The summed E-state index contributed by atoms with van der Waals surface area (Å²) in [5.74, 6) is 0.173. The molecule has 1 aromatic heterocycles. The molecule has 7 heteroatoms. The molecule has 0 bridgehead atoms. The highest BCUT2D eigenvalue weighted by Gasteiger charge is 2.16. The minimum absolute atomic E-state index is 0.173. The minimum Gasteiger partial charge on any atom is -0.404 e. The number of H-pyrrole nitrogens is 1. The zero-order valence-corrected chi connectivity index (χ0v) is 11.7. The fraction of sp³-hybridized carbons (Fsp3) is 0.333. The number of phosphoric acid groups is 1. The van der Waals surface area contributed by atoms with Crippen LogP contribution in [0.25, 0.3) is 10.9 Å². The molecule has 2 aromatic rings. The molecule has 6 nitrogen and oxygen atoms in total. The van der Waals surface area contributed by atoms with Crippen LogP contribution in [0.2, 0.25) is 0 Å². The van der Waals surface area contributed by atoms with E-state index >= 15 is 0 Å². The summed E-state index contributed by atoms with van der Waals surface area (Å²) in [5.41, 5.74) is 2.02. The van der Waals surface area contributed by atoms with Crippen LogP contribution in [0.4, 0.5) is 0 Å². The number of aromatic nitrogens is 1. The van der Waals surface area contributed by atoms with Gasteiger partial charge in [0, 0.05) is 23.6 Å². The van der Waals surface area contributed by atoms with Crippen molar-refractivity contribution in [3.05, 3.63) is 30.0 Å².